The van der Waals surface area contributed by atoms with E-state index in [0.717, 1.165) is 6.42 Å². The van der Waals surface area contributed by atoms with Gasteiger partial charge in [0.1, 0.15) is 0 Å². The van der Waals surface area contributed by atoms with E-state index in [4.69, 9.17) is 6.42 Å². The molecule has 0 saturated heterocycles. The molecule has 0 aliphatic heterocycles. The minimum Gasteiger partial charge on any atom is -0.120 e. The zero-order valence-corrected chi connectivity index (χ0v) is 14.5. The molecule has 0 aliphatic rings. The molecule has 0 aromatic rings. The molecule has 0 radical (unpaired) electrons. The fourth-order valence-electron chi connectivity index (χ4n) is 2.85. The van der Waals surface area contributed by atoms with E-state index >= 15 is 0 Å². The fraction of sp³-hybridized carbons (Fsp3) is 0.900. The summed E-state index contributed by atoms with van der Waals surface area (Å²) in [7, 11) is 0. The van der Waals surface area contributed by atoms with Crippen molar-refractivity contribution in [2.45, 2.75) is 111 Å². The smallest absolute Gasteiger partial charge is 0.00860 e. The fourth-order valence-corrected chi connectivity index (χ4v) is 2.85. The molecule has 0 unspecified atom stereocenters. The van der Waals surface area contributed by atoms with Gasteiger partial charge in [0, 0.05) is 6.42 Å². The first-order valence-corrected chi connectivity index (χ1v) is 9.06. The van der Waals surface area contributed by atoms with E-state index in [1.165, 1.54) is 83.5 Å². The Balaban J connectivity index is 3.22. The molecule has 0 bridgehead atoms. The van der Waals surface area contributed by atoms with Gasteiger partial charge in [-0.1, -0.05) is 85.0 Å². The third kappa shape index (κ3) is 14.0. The Kier molecular flexibility index (Phi) is 13.2. The van der Waals surface area contributed by atoms with Crippen LogP contribution < -0.4 is 0 Å². The molecule has 20 heavy (non-hydrogen) atoms. The summed E-state index contributed by atoms with van der Waals surface area (Å²) in [6.07, 6.45) is 24.3. The predicted octanol–water partition coefficient (Wildman–Crippen LogP) is 7.13. The van der Waals surface area contributed by atoms with Crippen molar-refractivity contribution >= 4 is 0 Å². The summed E-state index contributed by atoms with van der Waals surface area (Å²) in [5, 5.41) is 0. The van der Waals surface area contributed by atoms with Gasteiger partial charge in [0.25, 0.3) is 0 Å². The number of rotatable bonds is 14. The third-order valence-electron chi connectivity index (χ3n) is 4.38. The van der Waals surface area contributed by atoms with Crippen LogP contribution >= 0.6 is 0 Å². The van der Waals surface area contributed by atoms with Crippen LogP contribution in [0.25, 0.3) is 0 Å². The van der Waals surface area contributed by atoms with Gasteiger partial charge in [0.15, 0.2) is 0 Å². The first kappa shape index (κ1) is 19.6. The average Bonchev–Trinajstić information content (AvgIpc) is 2.42. The summed E-state index contributed by atoms with van der Waals surface area (Å²) >= 11 is 0. The first-order chi connectivity index (χ1) is 9.62. The van der Waals surface area contributed by atoms with Crippen LogP contribution in [-0.2, 0) is 0 Å². The van der Waals surface area contributed by atoms with Crippen LogP contribution in [0.4, 0.5) is 0 Å². The summed E-state index contributed by atoms with van der Waals surface area (Å²) in [4.78, 5) is 0. The molecule has 0 atom stereocenters. The summed E-state index contributed by atoms with van der Waals surface area (Å²) < 4.78 is 0. The van der Waals surface area contributed by atoms with E-state index in [9.17, 15) is 0 Å². The lowest BCUT2D eigenvalue weighted by Crippen LogP contribution is -2.10. The van der Waals surface area contributed by atoms with Crippen LogP contribution in [0.5, 0.6) is 0 Å². The van der Waals surface area contributed by atoms with E-state index in [-0.39, 0.29) is 0 Å². The third-order valence-corrected chi connectivity index (χ3v) is 4.38. The van der Waals surface area contributed by atoms with E-state index in [1.807, 2.05) is 0 Å². The second-order valence-electron chi connectivity index (χ2n) is 7.15. The van der Waals surface area contributed by atoms with Gasteiger partial charge in [0.05, 0.1) is 0 Å². The van der Waals surface area contributed by atoms with Crippen LogP contribution in [-0.4, -0.2) is 0 Å². The van der Waals surface area contributed by atoms with Crippen molar-refractivity contribution in [2.75, 3.05) is 0 Å². The van der Waals surface area contributed by atoms with Gasteiger partial charge in [-0.3, -0.25) is 0 Å². The summed E-state index contributed by atoms with van der Waals surface area (Å²) in [5.41, 5.74) is 0.576. The largest absolute Gasteiger partial charge is 0.120 e. The highest BCUT2D eigenvalue weighted by atomic mass is 14.2. The summed E-state index contributed by atoms with van der Waals surface area (Å²) in [6, 6.07) is 0. The zero-order chi connectivity index (χ0) is 15.1. The topological polar surface area (TPSA) is 0 Å². The average molecular weight is 279 g/mol. The second kappa shape index (κ2) is 13.5. The minimum absolute atomic E-state index is 0.576. The second-order valence-corrected chi connectivity index (χ2v) is 7.15. The van der Waals surface area contributed by atoms with E-state index in [2.05, 4.69) is 26.7 Å². The molecule has 0 N–H and O–H groups in total. The standard InChI is InChI=1S/C20H38/c1-5-7-9-10-11-12-13-14-15-16-17-19-20(3,4)18-8-6-2/h1H,6-19H2,2-4H3. The molecule has 0 aromatic heterocycles. The Bertz CT molecular complexity index is 231. The van der Waals surface area contributed by atoms with Crippen molar-refractivity contribution in [3.63, 3.8) is 0 Å². The van der Waals surface area contributed by atoms with Crippen LogP contribution in [0.1, 0.15) is 111 Å². The van der Waals surface area contributed by atoms with Crippen molar-refractivity contribution in [1.82, 2.24) is 0 Å². The first-order valence-electron chi connectivity index (χ1n) is 9.06. The van der Waals surface area contributed by atoms with Crippen LogP contribution in [0, 0.1) is 17.8 Å². The van der Waals surface area contributed by atoms with Gasteiger partial charge in [-0.15, -0.1) is 12.3 Å². The molecule has 0 fully saturated rings. The Labute approximate surface area is 129 Å². The predicted molar refractivity (Wildman–Crippen MR) is 92.9 cm³/mol. The van der Waals surface area contributed by atoms with Crippen molar-refractivity contribution < 1.29 is 0 Å². The number of unbranched alkanes of at least 4 members (excludes halogenated alkanes) is 10. The van der Waals surface area contributed by atoms with Gasteiger partial charge < -0.3 is 0 Å². The zero-order valence-electron chi connectivity index (χ0n) is 14.5. The Morgan fingerprint density at radius 3 is 1.65 bits per heavy atom. The monoisotopic (exact) mass is 278 g/mol. The minimum atomic E-state index is 0.576. The van der Waals surface area contributed by atoms with Gasteiger partial charge in [-0.25, -0.2) is 0 Å². The molecule has 0 amide bonds. The van der Waals surface area contributed by atoms with Gasteiger partial charge in [-0.2, -0.15) is 0 Å². The molecule has 0 nitrogen and oxygen atoms in total. The molecule has 0 spiro atoms. The lowest BCUT2D eigenvalue weighted by Gasteiger charge is -2.24. The molecule has 0 aliphatic carbocycles. The molecular weight excluding hydrogens is 240 g/mol. The quantitative estimate of drug-likeness (QED) is 0.234. The highest BCUT2D eigenvalue weighted by molar-refractivity contribution is 4.82. The molecule has 0 heteroatoms. The van der Waals surface area contributed by atoms with Crippen molar-refractivity contribution in [2.24, 2.45) is 5.41 Å². The van der Waals surface area contributed by atoms with Crippen molar-refractivity contribution in [1.29, 1.82) is 0 Å². The van der Waals surface area contributed by atoms with E-state index in [0.29, 0.717) is 5.41 Å². The summed E-state index contributed by atoms with van der Waals surface area (Å²) in [5.74, 6) is 2.72. The highest BCUT2D eigenvalue weighted by Gasteiger charge is 2.15. The van der Waals surface area contributed by atoms with Crippen LogP contribution in [0.3, 0.4) is 0 Å². The van der Waals surface area contributed by atoms with Crippen LogP contribution in [0.2, 0.25) is 0 Å². The molecule has 0 saturated carbocycles. The van der Waals surface area contributed by atoms with E-state index < -0.39 is 0 Å². The number of hydrogen-bond acceptors (Lipinski definition) is 0. The van der Waals surface area contributed by atoms with Gasteiger partial charge >= 0.3 is 0 Å². The molecule has 118 valence electrons. The van der Waals surface area contributed by atoms with Crippen LogP contribution in [0.15, 0.2) is 0 Å². The Hall–Kier alpha value is -0.440. The maximum Gasteiger partial charge on any atom is 0.00860 e. The highest BCUT2D eigenvalue weighted by Crippen LogP contribution is 2.29. The van der Waals surface area contributed by atoms with Crippen molar-refractivity contribution in [3.8, 4) is 12.3 Å². The molecule has 0 heterocycles. The normalized spacial score (nSPS) is 11.5. The Morgan fingerprint density at radius 2 is 1.15 bits per heavy atom. The van der Waals surface area contributed by atoms with Crippen molar-refractivity contribution in [3.05, 3.63) is 0 Å². The lowest BCUT2D eigenvalue weighted by molar-refractivity contribution is 0.285. The lowest BCUT2D eigenvalue weighted by atomic mass is 9.82. The summed E-state index contributed by atoms with van der Waals surface area (Å²) in [6.45, 7) is 7.18. The molecular formula is C20H38. The van der Waals surface area contributed by atoms with Gasteiger partial charge in [0.2, 0.25) is 0 Å². The maximum atomic E-state index is 5.24. The molecule has 0 aromatic carbocycles. The SMILES string of the molecule is C#CCCCCCCCCCCCC(C)(C)CCCC. The number of terminal acetylenes is 1. The van der Waals surface area contributed by atoms with E-state index in [1.54, 1.807) is 0 Å². The Morgan fingerprint density at radius 1 is 0.700 bits per heavy atom. The number of hydrogen-bond donors (Lipinski definition) is 0. The molecule has 0 rings (SSSR count). The van der Waals surface area contributed by atoms with Gasteiger partial charge in [-0.05, 0) is 24.7 Å². The maximum absolute atomic E-state index is 5.24.